The van der Waals surface area contributed by atoms with Gasteiger partial charge in [-0.1, -0.05) is 11.3 Å². The van der Waals surface area contributed by atoms with Gasteiger partial charge in [0.2, 0.25) is 0 Å². The Morgan fingerprint density at radius 2 is 1.69 bits per heavy atom. The van der Waals surface area contributed by atoms with Crippen LogP contribution in [0.2, 0.25) is 0 Å². The molecule has 0 aliphatic rings. The lowest BCUT2D eigenvalue weighted by molar-refractivity contribution is -0.138. The number of benzene rings is 2. The van der Waals surface area contributed by atoms with E-state index in [0.29, 0.717) is 25.3 Å². The molecule has 0 amide bonds. The lowest BCUT2D eigenvalue weighted by Crippen LogP contribution is -2.36. The first-order chi connectivity index (χ1) is 16.4. The van der Waals surface area contributed by atoms with Crippen LogP contribution in [0, 0.1) is 17.5 Å². The molecule has 3 rings (SSSR count). The SMILES string of the molecule is CC(N)(CO)c1nnc(-c2ccc(OCCCCCc3cc(F)c(F)cc3F)c(C(F)(F)F)c2)s1. The van der Waals surface area contributed by atoms with E-state index in [4.69, 9.17) is 10.5 Å². The fraction of sp³-hybridized carbons (Fsp3) is 0.391. The minimum Gasteiger partial charge on any atom is -0.493 e. The van der Waals surface area contributed by atoms with Crippen molar-refractivity contribution in [1.82, 2.24) is 10.2 Å². The summed E-state index contributed by atoms with van der Waals surface area (Å²) in [6, 6.07) is 4.83. The molecule has 1 atom stereocenters. The Morgan fingerprint density at radius 1 is 0.971 bits per heavy atom. The van der Waals surface area contributed by atoms with Gasteiger partial charge in [-0.2, -0.15) is 13.2 Å². The van der Waals surface area contributed by atoms with Gasteiger partial charge in [0.05, 0.1) is 24.3 Å². The zero-order chi connectivity index (χ0) is 25.8. The highest BCUT2D eigenvalue weighted by Gasteiger charge is 2.35. The standard InChI is InChI=1S/C23H23F6N3O2S/c1-22(30,12-33)21-32-31-20(35-21)14-6-7-19(15(9-14)23(27,28)29)34-8-4-2-3-5-13-10-17(25)18(26)11-16(13)24/h6-7,9-11,33H,2-5,8,12,30H2,1H3. The number of ether oxygens (including phenoxy) is 1. The fourth-order valence-electron chi connectivity index (χ4n) is 3.18. The molecule has 0 aliphatic carbocycles. The molecule has 0 radical (unpaired) electrons. The van der Waals surface area contributed by atoms with E-state index in [1.807, 2.05) is 0 Å². The summed E-state index contributed by atoms with van der Waals surface area (Å²) in [6.07, 6.45) is -3.25. The van der Waals surface area contributed by atoms with Crippen molar-refractivity contribution in [2.75, 3.05) is 13.2 Å². The number of hydrogen-bond donors (Lipinski definition) is 2. The van der Waals surface area contributed by atoms with Crippen LogP contribution in [0.3, 0.4) is 0 Å². The monoisotopic (exact) mass is 519 g/mol. The van der Waals surface area contributed by atoms with Gasteiger partial charge in [0, 0.05) is 11.6 Å². The Bertz CT molecular complexity index is 1170. The molecule has 0 fully saturated rings. The summed E-state index contributed by atoms with van der Waals surface area (Å²) in [7, 11) is 0. The quantitative estimate of drug-likeness (QED) is 0.207. The molecule has 5 nitrogen and oxygen atoms in total. The first-order valence-corrected chi connectivity index (χ1v) is 11.5. The molecule has 3 aromatic rings. The number of aryl methyl sites for hydroxylation is 1. The molecule has 2 aromatic carbocycles. The number of nitrogens with zero attached hydrogens (tertiary/aromatic N) is 2. The van der Waals surface area contributed by atoms with Gasteiger partial charge in [0.1, 0.15) is 21.6 Å². The normalized spacial score (nSPS) is 13.6. The molecule has 1 aromatic heterocycles. The second-order valence-corrected chi connectivity index (χ2v) is 9.19. The summed E-state index contributed by atoms with van der Waals surface area (Å²) in [6.45, 7) is 1.11. The summed E-state index contributed by atoms with van der Waals surface area (Å²) in [5.74, 6) is -3.59. The Morgan fingerprint density at radius 3 is 2.37 bits per heavy atom. The van der Waals surface area contributed by atoms with Gasteiger partial charge < -0.3 is 15.6 Å². The van der Waals surface area contributed by atoms with Gasteiger partial charge in [0.15, 0.2) is 11.6 Å². The average Bonchev–Trinajstić information content (AvgIpc) is 3.30. The first kappa shape index (κ1) is 26.9. The molecule has 3 N–H and O–H groups in total. The zero-order valence-electron chi connectivity index (χ0n) is 18.6. The molecule has 0 spiro atoms. The lowest BCUT2D eigenvalue weighted by Gasteiger charge is -2.17. The van der Waals surface area contributed by atoms with Crippen molar-refractivity contribution < 1.29 is 36.2 Å². The average molecular weight is 520 g/mol. The van der Waals surface area contributed by atoms with E-state index >= 15 is 0 Å². The number of rotatable bonds is 10. The van der Waals surface area contributed by atoms with Crippen molar-refractivity contribution >= 4 is 11.3 Å². The smallest absolute Gasteiger partial charge is 0.419 e. The summed E-state index contributed by atoms with van der Waals surface area (Å²) in [4.78, 5) is 0. The Labute approximate surface area is 201 Å². The fourth-order valence-corrected chi connectivity index (χ4v) is 4.07. The van der Waals surface area contributed by atoms with E-state index in [1.54, 1.807) is 0 Å². The Hall–Kier alpha value is -2.70. The van der Waals surface area contributed by atoms with Crippen LogP contribution in [0.15, 0.2) is 30.3 Å². The van der Waals surface area contributed by atoms with Gasteiger partial charge in [-0.05, 0) is 62.4 Å². The molecule has 12 heteroatoms. The minimum absolute atomic E-state index is 0.0202. The maximum atomic E-state index is 13.7. The van der Waals surface area contributed by atoms with Gasteiger partial charge >= 0.3 is 6.18 Å². The topological polar surface area (TPSA) is 81.3 Å². The molecular formula is C23H23F6N3O2S. The molecule has 0 aliphatic heterocycles. The Kier molecular flexibility index (Phi) is 8.39. The van der Waals surface area contributed by atoms with Crippen LogP contribution in [0.25, 0.3) is 10.6 Å². The van der Waals surface area contributed by atoms with Crippen LogP contribution in [0.4, 0.5) is 26.3 Å². The van der Waals surface area contributed by atoms with Gasteiger partial charge in [-0.3, -0.25) is 0 Å². The number of halogens is 6. The number of aliphatic hydroxyl groups excluding tert-OH is 1. The predicted octanol–water partition coefficient (Wildman–Crippen LogP) is 5.60. The van der Waals surface area contributed by atoms with E-state index in [0.717, 1.165) is 23.5 Å². The second-order valence-electron chi connectivity index (χ2n) is 8.21. The maximum Gasteiger partial charge on any atom is 0.419 e. The number of hydrogen-bond acceptors (Lipinski definition) is 6. The van der Waals surface area contributed by atoms with E-state index in [9.17, 15) is 31.4 Å². The first-order valence-electron chi connectivity index (χ1n) is 10.6. The third-order valence-corrected chi connectivity index (χ3v) is 6.46. The van der Waals surface area contributed by atoms with Crippen molar-refractivity contribution in [2.24, 2.45) is 5.73 Å². The lowest BCUT2D eigenvalue weighted by atomic mass is 10.1. The summed E-state index contributed by atoms with van der Waals surface area (Å²) in [5, 5.41) is 17.6. The molecule has 1 heterocycles. The number of unbranched alkanes of at least 4 members (excludes halogenated alkanes) is 2. The molecule has 190 valence electrons. The van der Waals surface area contributed by atoms with Crippen LogP contribution < -0.4 is 10.5 Å². The zero-order valence-corrected chi connectivity index (χ0v) is 19.4. The highest BCUT2D eigenvalue weighted by molar-refractivity contribution is 7.14. The number of aromatic nitrogens is 2. The largest absolute Gasteiger partial charge is 0.493 e. The number of aliphatic hydroxyl groups is 1. The van der Waals surface area contributed by atoms with E-state index in [-0.39, 0.29) is 39.9 Å². The highest BCUT2D eigenvalue weighted by Crippen LogP contribution is 2.40. The van der Waals surface area contributed by atoms with Crippen LogP contribution in [0.1, 0.15) is 42.3 Å². The molecule has 1 unspecified atom stereocenters. The summed E-state index contributed by atoms with van der Waals surface area (Å²) >= 11 is 0.984. The summed E-state index contributed by atoms with van der Waals surface area (Å²) in [5.41, 5.74) is 3.97. The van der Waals surface area contributed by atoms with Crippen LogP contribution >= 0.6 is 11.3 Å². The molecule has 35 heavy (non-hydrogen) atoms. The number of alkyl halides is 3. The van der Waals surface area contributed by atoms with Crippen LogP contribution in [0.5, 0.6) is 5.75 Å². The third-order valence-electron chi connectivity index (χ3n) is 5.21. The highest BCUT2D eigenvalue weighted by atomic mass is 32.1. The van der Waals surface area contributed by atoms with Gasteiger partial charge in [0.25, 0.3) is 0 Å². The minimum atomic E-state index is -4.68. The van der Waals surface area contributed by atoms with Gasteiger partial charge in [-0.25, -0.2) is 13.2 Å². The second kappa shape index (κ2) is 10.9. The van der Waals surface area contributed by atoms with Crippen LogP contribution in [-0.2, 0) is 18.1 Å². The maximum absolute atomic E-state index is 13.7. The van der Waals surface area contributed by atoms with E-state index in [2.05, 4.69) is 10.2 Å². The van der Waals surface area contributed by atoms with E-state index < -0.39 is 41.3 Å². The van der Waals surface area contributed by atoms with E-state index in [1.165, 1.54) is 19.1 Å². The molecular weight excluding hydrogens is 496 g/mol. The van der Waals surface area contributed by atoms with Gasteiger partial charge in [-0.15, -0.1) is 10.2 Å². The number of nitrogens with two attached hydrogens (primary N) is 1. The van der Waals surface area contributed by atoms with Crippen molar-refractivity contribution in [2.45, 2.75) is 44.3 Å². The molecule has 0 saturated carbocycles. The summed E-state index contributed by atoms with van der Waals surface area (Å²) < 4.78 is 86.2. The van der Waals surface area contributed by atoms with Crippen molar-refractivity contribution in [3.63, 3.8) is 0 Å². The third kappa shape index (κ3) is 6.71. The molecule has 0 bridgehead atoms. The Balaban J connectivity index is 1.61. The van der Waals surface area contributed by atoms with Crippen LogP contribution in [-0.4, -0.2) is 28.5 Å². The van der Waals surface area contributed by atoms with Crippen molar-refractivity contribution in [3.8, 4) is 16.3 Å². The van der Waals surface area contributed by atoms with Crippen molar-refractivity contribution in [1.29, 1.82) is 0 Å². The van der Waals surface area contributed by atoms with Crippen molar-refractivity contribution in [3.05, 3.63) is 63.9 Å². The molecule has 0 saturated heterocycles. The predicted molar refractivity (Wildman–Crippen MR) is 118 cm³/mol.